The third-order valence-corrected chi connectivity index (χ3v) is 2.17. The first kappa shape index (κ1) is 11.4. The maximum absolute atomic E-state index is 10.6. The van der Waals surface area contributed by atoms with Crippen LogP contribution in [0.2, 0.25) is 0 Å². The molecule has 0 heterocycles. The second-order valence-electron chi connectivity index (χ2n) is 3.67. The minimum atomic E-state index is -0.322. The van der Waals surface area contributed by atoms with Crippen molar-refractivity contribution < 1.29 is 4.92 Å². The van der Waals surface area contributed by atoms with Crippen LogP contribution in [0.3, 0.4) is 0 Å². The van der Waals surface area contributed by atoms with Crippen LogP contribution < -0.4 is 0 Å². The summed E-state index contributed by atoms with van der Waals surface area (Å²) in [6, 6.07) is 5.95. The van der Waals surface area contributed by atoms with Gasteiger partial charge in [0.05, 0.1) is 4.92 Å². The van der Waals surface area contributed by atoms with Crippen LogP contribution in [0.25, 0.3) is 6.08 Å². The molecule has 1 aromatic rings. The lowest BCUT2D eigenvalue weighted by Gasteiger charge is -2.00. The van der Waals surface area contributed by atoms with E-state index < -0.39 is 0 Å². The van der Waals surface area contributed by atoms with Crippen LogP contribution in [0.15, 0.2) is 23.9 Å². The zero-order valence-electron chi connectivity index (χ0n) is 9.28. The summed E-state index contributed by atoms with van der Waals surface area (Å²) in [5, 5.41) is 10.6. The maximum atomic E-state index is 10.6. The topological polar surface area (TPSA) is 43.1 Å². The lowest BCUT2D eigenvalue weighted by molar-refractivity contribution is -0.425. The lowest BCUT2D eigenvalue weighted by atomic mass is 10.1. The summed E-state index contributed by atoms with van der Waals surface area (Å²) in [5.74, 6) is 0. The molecule has 0 atom stereocenters. The van der Waals surface area contributed by atoms with Crippen molar-refractivity contribution in [3.63, 3.8) is 0 Å². The van der Waals surface area contributed by atoms with Gasteiger partial charge in [-0.2, -0.15) is 0 Å². The number of allylic oxidation sites excluding steroid dienone is 1. The van der Waals surface area contributed by atoms with Crippen molar-refractivity contribution >= 4 is 6.08 Å². The molecule has 0 fully saturated rings. The number of nitro groups is 1. The number of hydrogen-bond acceptors (Lipinski definition) is 2. The quantitative estimate of drug-likeness (QED) is 0.561. The van der Waals surface area contributed by atoms with E-state index in [4.69, 9.17) is 0 Å². The van der Waals surface area contributed by atoms with Gasteiger partial charge in [-0.15, -0.1) is 0 Å². The normalized spacial score (nSPS) is 11.5. The summed E-state index contributed by atoms with van der Waals surface area (Å²) in [7, 11) is 0. The highest BCUT2D eigenvalue weighted by molar-refractivity contribution is 5.53. The minimum absolute atomic E-state index is 0.250. The number of nitrogens with zero attached hydrogens (tertiary/aromatic N) is 1. The van der Waals surface area contributed by atoms with Gasteiger partial charge in [0.25, 0.3) is 0 Å². The molecule has 0 aliphatic rings. The molecule has 1 aromatic carbocycles. The van der Waals surface area contributed by atoms with Crippen LogP contribution in [-0.2, 0) is 0 Å². The number of hydrogen-bond donors (Lipinski definition) is 0. The number of rotatable bonds is 3. The Hall–Kier alpha value is -1.64. The Kier molecular flexibility index (Phi) is 3.61. The van der Waals surface area contributed by atoms with Crippen LogP contribution in [0, 0.1) is 24.0 Å². The summed E-state index contributed by atoms with van der Waals surface area (Å²) in [6.45, 7) is 5.77. The third-order valence-electron chi connectivity index (χ3n) is 2.17. The minimum Gasteiger partial charge on any atom is -0.259 e. The molecule has 0 spiro atoms. The van der Waals surface area contributed by atoms with Gasteiger partial charge in [0.15, 0.2) is 0 Å². The van der Waals surface area contributed by atoms with Crippen LogP contribution in [0.5, 0.6) is 0 Å². The molecule has 0 saturated heterocycles. The van der Waals surface area contributed by atoms with Crippen LogP contribution in [0.4, 0.5) is 0 Å². The fourth-order valence-electron chi connectivity index (χ4n) is 1.57. The fourth-order valence-corrected chi connectivity index (χ4v) is 1.57. The first-order chi connectivity index (χ1) is 7.02. The van der Waals surface area contributed by atoms with Crippen molar-refractivity contribution in [1.29, 1.82) is 0 Å². The van der Waals surface area contributed by atoms with Gasteiger partial charge >= 0.3 is 0 Å². The molecule has 0 aromatic heterocycles. The second kappa shape index (κ2) is 4.73. The Morgan fingerprint density at radius 1 is 1.33 bits per heavy atom. The molecule has 0 radical (unpaired) electrons. The highest BCUT2D eigenvalue weighted by Crippen LogP contribution is 2.14. The largest absolute Gasteiger partial charge is 0.259 e. The Morgan fingerprint density at radius 2 is 1.87 bits per heavy atom. The van der Waals surface area contributed by atoms with Gasteiger partial charge in [-0.05, 0) is 19.4 Å². The molecule has 80 valence electrons. The van der Waals surface area contributed by atoms with Crippen molar-refractivity contribution in [1.82, 2.24) is 0 Å². The van der Waals surface area contributed by atoms with E-state index in [0.29, 0.717) is 6.42 Å². The zero-order chi connectivity index (χ0) is 11.4. The van der Waals surface area contributed by atoms with E-state index in [1.165, 1.54) is 0 Å². The first-order valence-electron chi connectivity index (χ1n) is 4.96. The number of aryl methyl sites for hydroxylation is 2. The van der Waals surface area contributed by atoms with Crippen molar-refractivity contribution in [2.45, 2.75) is 27.2 Å². The molecule has 0 aliphatic carbocycles. The molecule has 3 nitrogen and oxygen atoms in total. The van der Waals surface area contributed by atoms with E-state index in [-0.39, 0.29) is 10.6 Å². The SMILES string of the molecule is CCC(=Cc1cc(C)cc(C)c1)[N+](=O)[O-]. The summed E-state index contributed by atoms with van der Waals surface area (Å²) in [6.07, 6.45) is 2.08. The summed E-state index contributed by atoms with van der Waals surface area (Å²) >= 11 is 0. The molecule has 15 heavy (non-hydrogen) atoms. The van der Waals surface area contributed by atoms with E-state index in [1.54, 1.807) is 13.0 Å². The molecule has 0 amide bonds. The second-order valence-corrected chi connectivity index (χ2v) is 3.67. The van der Waals surface area contributed by atoms with E-state index in [2.05, 4.69) is 6.07 Å². The Labute approximate surface area is 89.6 Å². The summed E-state index contributed by atoms with van der Waals surface area (Å²) in [4.78, 5) is 10.3. The van der Waals surface area contributed by atoms with Crippen molar-refractivity contribution in [2.24, 2.45) is 0 Å². The van der Waals surface area contributed by atoms with Crippen molar-refractivity contribution in [2.75, 3.05) is 0 Å². The van der Waals surface area contributed by atoms with Gasteiger partial charge in [0.2, 0.25) is 5.70 Å². The average Bonchev–Trinajstić information content (AvgIpc) is 2.12. The molecule has 3 heteroatoms. The predicted octanol–water partition coefficient (Wildman–Crippen LogP) is 3.33. The van der Waals surface area contributed by atoms with Gasteiger partial charge in [-0.25, -0.2) is 0 Å². The Bertz CT molecular complexity index is 388. The molecule has 0 bridgehead atoms. The Balaban J connectivity index is 3.11. The van der Waals surface area contributed by atoms with E-state index in [9.17, 15) is 10.1 Å². The molecular formula is C12H15NO2. The first-order valence-corrected chi connectivity index (χ1v) is 4.96. The van der Waals surface area contributed by atoms with Gasteiger partial charge in [-0.3, -0.25) is 10.1 Å². The summed E-state index contributed by atoms with van der Waals surface area (Å²) in [5.41, 5.74) is 3.40. The highest BCUT2D eigenvalue weighted by Gasteiger charge is 2.07. The van der Waals surface area contributed by atoms with Crippen LogP contribution >= 0.6 is 0 Å². The van der Waals surface area contributed by atoms with Gasteiger partial charge in [0.1, 0.15) is 0 Å². The highest BCUT2D eigenvalue weighted by atomic mass is 16.6. The van der Waals surface area contributed by atoms with Gasteiger partial charge < -0.3 is 0 Å². The number of benzene rings is 1. The Morgan fingerprint density at radius 3 is 2.27 bits per heavy atom. The smallest absolute Gasteiger partial charge is 0.246 e. The molecular weight excluding hydrogens is 190 g/mol. The van der Waals surface area contributed by atoms with Crippen LogP contribution in [-0.4, -0.2) is 4.92 Å². The molecule has 0 unspecified atom stereocenters. The monoisotopic (exact) mass is 205 g/mol. The molecule has 0 N–H and O–H groups in total. The lowest BCUT2D eigenvalue weighted by Crippen LogP contribution is -1.96. The molecule has 0 aliphatic heterocycles. The van der Waals surface area contributed by atoms with E-state index >= 15 is 0 Å². The third kappa shape index (κ3) is 3.20. The summed E-state index contributed by atoms with van der Waals surface area (Å²) < 4.78 is 0. The van der Waals surface area contributed by atoms with E-state index in [1.807, 2.05) is 26.0 Å². The molecule has 0 saturated carbocycles. The zero-order valence-corrected chi connectivity index (χ0v) is 9.28. The van der Waals surface area contributed by atoms with Crippen molar-refractivity contribution in [3.8, 4) is 0 Å². The van der Waals surface area contributed by atoms with Crippen molar-refractivity contribution in [3.05, 3.63) is 50.7 Å². The van der Waals surface area contributed by atoms with Gasteiger partial charge in [0, 0.05) is 12.5 Å². The standard InChI is InChI=1S/C12H15NO2/c1-4-12(13(14)15)8-11-6-9(2)5-10(3)7-11/h5-8H,4H2,1-3H3. The molecule has 1 rings (SSSR count). The van der Waals surface area contributed by atoms with E-state index in [0.717, 1.165) is 16.7 Å². The van der Waals surface area contributed by atoms with Crippen LogP contribution in [0.1, 0.15) is 30.0 Å². The van der Waals surface area contributed by atoms with Gasteiger partial charge in [-0.1, -0.05) is 36.2 Å². The fraction of sp³-hybridized carbons (Fsp3) is 0.333. The average molecular weight is 205 g/mol. The predicted molar refractivity (Wildman–Crippen MR) is 61.2 cm³/mol. The maximum Gasteiger partial charge on any atom is 0.246 e.